The zero-order valence-corrected chi connectivity index (χ0v) is 11.0. The largest absolute Gasteiger partial charge is 0.416 e. The van der Waals surface area contributed by atoms with E-state index in [1.54, 1.807) is 24.3 Å². The van der Waals surface area contributed by atoms with Crippen molar-refractivity contribution in [3.8, 4) is 0 Å². The molecular formula is C15H10ClF3O. The van der Waals surface area contributed by atoms with Gasteiger partial charge in [-0.3, -0.25) is 4.79 Å². The van der Waals surface area contributed by atoms with Crippen LogP contribution in [0, 0.1) is 0 Å². The van der Waals surface area contributed by atoms with Gasteiger partial charge in [-0.25, -0.2) is 0 Å². The van der Waals surface area contributed by atoms with Crippen LogP contribution in [0.3, 0.4) is 0 Å². The number of carbonyl (C=O) groups excluding carboxylic acids is 1. The van der Waals surface area contributed by atoms with Gasteiger partial charge in [-0.2, -0.15) is 13.2 Å². The van der Waals surface area contributed by atoms with Crippen LogP contribution in [0.15, 0.2) is 48.5 Å². The molecule has 0 saturated heterocycles. The lowest BCUT2D eigenvalue weighted by atomic mass is 10.0. The van der Waals surface area contributed by atoms with Gasteiger partial charge in [-0.15, -0.1) is 0 Å². The van der Waals surface area contributed by atoms with Gasteiger partial charge in [0, 0.05) is 12.0 Å². The van der Waals surface area contributed by atoms with E-state index in [1.807, 2.05) is 0 Å². The van der Waals surface area contributed by atoms with Gasteiger partial charge in [0.1, 0.15) is 0 Å². The van der Waals surface area contributed by atoms with Gasteiger partial charge < -0.3 is 0 Å². The van der Waals surface area contributed by atoms with Crippen LogP contribution >= 0.6 is 11.6 Å². The first kappa shape index (κ1) is 14.6. The third kappa shape index (κ3) is 3.39. The van der Waals surface area contributed by atoms with Gasteiger partial charge in [0.05, 0.1) is 10.6 Å². The van der Waals surface area contributed by atoms with E-state index in [0.717, 1.165) is 12.1 Å². The first-order valence-electron chi connectivity index (χ1n) is 5.82. The summed E-state index contributed by atoms with van der Waals surface area (Å²) >= 11 is 5.90. The lowest BCUT2D eigenvalue weighted by Gasteiger charge is -2.07. The maximum absolute atomic E-state index is 12.4. The Labute approximate surface area is 119 Å². The van der Waals surface area contributed by atoms with Crippen LogP contribution in [-0.2, 0) is 12.6 Å². The van der Waals surface area contributed by atoms with Crippen molar-refractivity contribution in [1.82, 2.24) is 0 Å². The molecule has 0 aromatic heterocycles. The Kier molecular flexibility index (Phi) is 4.14. The molecular weight excluding hydrogens is 289 g/mol. The summed E-state index contributed by atoms with van der Waals surface area (Å²) in [5.41, 5.74) is 0.156. The lowest BCUT2D eigenvalue weighted by molar-refractivity contribution is -0.137. The number of carbonyl (C=O) groups is 1. The highest BCUT2D eigenvalue weighted by Crippen LogP contribution is 2.29. The highest BCUT2D eigenvalue weighted by Gasteiger charge is 2.29. The summed E-state index contributed by atoms with van der Waals surface area (Å²) in [5.74, 6) is -0.227. The molecule has 0 saturated carbocycles. The Morgan fingerprint density at radius 2 is 1.60 bits per heavy atom. The Morgan fingerprint density at radius 3 is 2.15 bits per heavy atom. The van der Waals surface area contributed by atoms with E-state index in [4.69, 9.17) is 11.6 Å². The molecule has 20 heavy (non-hydrogen) atoms. The Bertz CT molecular complexity index is 618. The van der Waals surface area contributed by atoms with Crippen LogP contribution in [0.2, 0.25) is 5.02 Å². The summed E-state index contributed by atoms with van der Waals surface area (Å²) in [6.07, 6.45) is -4.35. The van der Waals surface area contributed by atoms with Gasteiger partial charge in [0.15, 0.2) is 5.78 Å². The van der Waals surface area contributed by atoms with Crippen LogP contribution < -0.4 is 0 Å². The maximum atomic E-state index is 12.4. The van der Waals surface area contributed by atoms with E-state index in [1.165, 1.54) is 12.1 Å². The molecule has 2 aromatic carbocycles. The molecule has 2 aromatic rings. The van der Waals surface area contributed by atoms with Crippen molar-refractivity contribution in [1.29, 1.82) is 0 Å². The Hall–Kier alpha value is -1.81. The van der Waals surface area contributed by atoms with E-state index in [0.29, 0.717) is 16.1 Å². The van der Waals surface area contributed by atoms with E-state index in [2.05, 4.69) is 0 Å². The monoisotopic (exact) mass is 298 g/mol. The first-order chi connectivity index (χ1) is 9.38. The number of hydrogen-bond acceptors (Lipinski definition) is 1. The summed E-state index contributed by atoms with van der Waals surface area (Å²) < 4.78 is 37.2. The second kappa shape index (κ2) is 5.67. The molecule has 0 bridgehead atoms. The highest BCUT2D eigenvalue weighted by atomic mass is 35.5. The van der Waals surface area contributed by atoms with Gasteiger partial charge in [0.2, 0.25) is 0 Å². The molecule has 104 valence electrons. The Balaban J connectivity index is 2.15. The number of rotatable bonds is 3. The number of hydrogen-bond donors (Lipinski definition) is 0. The second-order valence-electron chi connectivity index (χ2n) is 4.27. The van der Waals surface area contributed by atoms with Crippen LogP contribution in [0.1, 0.15) is 21.5 Å². The van der Waals surface area contributed by atoms with E-state index >= 15 is 0 Å². The van der Waals surface area contributed by atoms with Crippen LogP contribution in [0.4, 0.5) is 13.2 Å². The fourth-order valence-electron chi connectivity index (χ4n) is 1.78. The summed E-state index contributed by atoms with van der Waals surface area (Å²) in [7, 11) is 0. The summed E-state index contributed by atoms with van der Waals surface area (Å²) in [4.78, 5) is 12.0. The third-order valence-electron chi connectivity index (χ3n) is 2.82. The topological polar surface area (TPSA) is 17.1 Å². The second-order valence-corrected chi connectivity index (χ2v) is 4.68. The highest BCUT2D eigenvalue weighted by molar-refractivity contribution is 6.34. The summed E-state index contributed by atoms with van der Waals surface area (Å²) in [5, 5.41) is 0.337. The lowest BCUT2D eigenvalue weighted by Crippen LogP contribution is -2.07. The molecule has 0 unspecified atom stereocenters. The van der Waals surface area contributed by atoms with Crippen LogP contribution in [-0.4, -0.2) is 5.78 Å². The van der Waals surface area contributed by atoms with E-state index in [-0.39, 0.29) is 12.2 Å². The zero-order valence-electron chi connectivity index (χ0n) is 10.2. The Morgan fingerprint density at radius 1 is 1.00 bits per heavy atom. The maximum Gasteiger partial charge on any atom is 0.416 e. The molecule has 2 rings (SSSR count). The average Bonchev–Trinajstić information content (AvgIpc) is 2.38. The zero-order chi connectivity index (χ0) is 14.8. The standard InChI is InChI=1S/C15H10ClF3O/c16-13-4-2-1-3-12(13)14(20)9-10-5-7-11(8-6-10)15(17,18)19/h1-8H,9H2. The molecule has 1 nitrogen and oxygen atoms in total. The van der Waals surface area contributed by atoms with Crippen molar-refractivity contribution < 1.29 is 18.0 Å². The molecule has 0 spiro atoms. The van der Waals surface area contributed by atoms with Crippen molar-refractivity contribution >= 4 is 17.4 Å². The quantitative estimate of drug-likeness (QED) is 0.745. The van der Waals surface area contributed by atoms with Crippen molar-refractivity contribution in [3.63, 3.8) is 0 Å². The SMILES string of the molecule is O=C(Cc1ccc(C(F)(F)F)cc1)c1ccccc1Cl. The minimum absolute atomic E-state index is 0.0157. The molecule has 0 aliphatic carbocycles. The molecule has 0 radical (unpaired) electrons. The summed E-state index contributed by atoms with van der Waals surface area (Å²) in [6, 6.07) is 11.1. The molecule has 0 aliphatic heterocycles. The predicted molar refractivity (Wildman–Crippen MR) is 70.9 cm³/mol. The molecule has 0 fully saturated rings. The van der Waals surface area contributed by atoms with Crippen molar-refractivity contribution in [2.45, 2.75) is 12.6 Å². The number of halogens is 4. The number of Topliss-reactive ketones (excluding diaryl/α,β-unsaturated/α-hetero) is 1. The van der Waals surface area contributed by atoms with Crippen molar-refractivity contribution in [3.05, 3.63) is 70.2 Å². The smallest absolute Gasteiger partial charge is 0.294 e. The van der Waals surface area contributed by atoms with E-state index in [9.17, 15) is 18.0 Å². The fourth-order valence-corrected chi connectivity index (χ4v) is 2.02. The molecule has 0 atom stereocenters. The third-order valence-corrected chi connectivity index (χ3v) is 3.15. The van der Waals surface area contributed by atoms with Gasteiger partial charge in [-0.05, 0) is 29.8 Å². The summed E-state index contributed by atoms with van der Waals surface area (Å²) in [6.45, 7) is 0. The van der Waals surface area contributed by atoms with E-state index < -0.39 is 11.7 Å². The molecule has 0 N–H and O–H groups in total. The minimum Gasteiger partial charge on any atom is -0.294 e. The number of benzene rings is 2. The van der Waals surface area contributed by atoms with Gasteiger partial charge >= 0.3 is 6.18 Å². The van der Waals surface area contributed by atoms with Crippen LogP contribution in [0.5, 0.6) is 0 Å². The number of alkyl halides is 3. The average molecular weight is 299 g/mol. The van der Waals surface area contributed by atoms with Gasteiger partial charge in [0.25, 0.3) is 0 Å². The molecule has 0 amide bonds. The normalized spacial score (nSPS) is 11.4. The first-order valence-corrected chi connectivity index (χ1v) is 6.19. The molecule has 0 heterocycles. The van der Waals surface area contributed by atoms with Gasteiger partial charge in [-0.1, -0.05) is 35.9 Å². The van der Waals surface area contributed by atoms with Crippen molar-refractivity contribution in [2.24, 2.45) is 0 Å². The minimum atomic E-state index is -4.37. The molecule has 5 heteroatoms. The van der Waals surface area contributed by atoms with Crippen LogP contribution in [0.25, 0.3) is 0 Å². The number of ketones is 1. The fraction of sp³-hybridized carbons (Fsp3) is 0.133. The van der Waals surface area contributed by atoms with Crippen molar-refractivity contribution in [2.75, 3.05) is 0 Å². The predicted octanol–water partition coefficient (Wildman–Crippen LogP) is 4.78. The molecule has 0 aliphatic rings.